The van der Waals surface area contributed by atoms with Gasteiger partial charge in [-0.3, -0.25) is 14.5 Å². The van der Waals surface area contributed by atoms with Crippen molar-refractivity contribution >= 4 is 17.9 Å². The van der Waals surface area contributed by atoms with Gasteiger partial charge in [0.15, 0.2) is 0 Å². The van der Waals surface area contributed by atoms with Gasteiger partial charge in [0.25, 0.3) is 0 Å². The SMILES string of the molecule is NC(=O)CN1CCC(NC(=O)/C=C/c2ccc(OC(F)F)cc2)CC1. The number of hydrogen-bond acceptors (Lipinski definition) is 4. The number of rotatable bonds is 7. The first kappa shape index (κ1) is 18.9. The van der Waals surface area contributed by atoms with E-state index in [-0.39, 0.29) is 30.2 Å². The highest BCUT2D eigenvalue weighted by Gasteiger charge is 2.20. The van der Waals surface area contributed by atoms with Crippen LogP contribution in [0.15, 0.2) is 30.3 Å². The zero-order chi connectivity index (χ0) is 18.2. The molecule has 1 aromatic rings. The molecule has 1 saturated heterocycles. The van der Waals surface area contributed by atoms with Crippen molar-refractivity contribution in [2.24, 2.45) is 5.73 Å². The molecule has 2 amide bonds. The Balaban J connectivity index is 1.76. The summed E-state index contributed by atoms with van der Waals surface area (Å²) in [4.78, 5) is 24.8. The van der Waals surface area contributed by atoms with Crippen molar-refractivity contribution in [2.45, 2.75) is 25.5 Å². The van der Waals surface area contributed by atoms with Crippen molar-refractivity contribution in [3.63, 3.8) is 0 Å². The molecule has 0 atom stereocenters. The number of nitrogens with one attached hydrogen (secondary N) is 1. The fraction of sp³-hybridized carbons (Fsp3) is 0.412. The van der Waals surface area contributed by atoms with E-state index in [1.807, 2.05) is 4.90 Å². The van der Waals surface area contributed by atoms with Crippen LogP contribution in [0.4, 0.5) is 8.78 Å². The predicted molar refractivity (Wildman–Crippen MR) is 88.9 cm³/mol. The van der Waals surface area contributed by atoms with Crippen LogP contribution >= 0.6 is 0 Å². The fourth-order valence-electron chi connectivity index (χ4n) is 2.64. The summed E-state index contributed by atoms with van der Waals surface area (Å²) in [6, 6.07) is 6.06. The number of likely N-dealkylation sites (tertiary alicyclic amines) is 1. The maximum atomic E-state index is 12.1. The number of amides is 2. The van der Waals surface area contributed by atoms with E-state index in [1.165, 1.54) is 18.2 Å². The first-order valence-corrected chi connectivity index (χ1v) is 7.96. The van der Waals surface area contributed by atoms with Crippen molar-refractivity contribution < 1.29 is 23.1 Å². The number of alkyl halides is 2. The highest BCUT2D eigenvalue weighted by atomic mass is 19.3. The number of hydrogen-bond donors (Lipinski definition) is 2. The van der Waals surface area contributed by atoms with Gasteiger partial charge in [0, 0.05) is 25.2 Å². The third-order valence-electron chi connectivity index (χ3n) is 3.85. The van der Waals surface area contributed by atoms with E-state index in [0.29, 0.717) is 18.7 Å². The summed E-state index contributed by atoms with van der Waals surface area (Å²) in [5, 5.41) is 2.91. The van der Waals surface area contributed by atoms with Gasteiger partial charge >= 0.3 is 6.61 Å². The average molecular weight is 353 g/mol. The van der Waals surface area contributed by atoms with Crippen LogP contribution in [0.1, 0.15) is 18.4 Å². The normalized spacial score (nSPS) is 16.3. The second kappa shape index (κ2) is 9.12. The van der Waals surface area contributed by atoms with Gasteiger partial charge in [0.05, 0.1) is 6.54 Å². The summed E-state index contributed by atoms with van der Waals surface area (Å²) in [7, 11) is 0. The van der Waals surface area contributed by atoms with Gasteiger partial charge in [0.2, 0.25) is 11.8 Å². The number of benzene rings is 1. The highest BCUT2D eigenvalue weighted by Crippen LogP contribution is 2.15. The van der Waals surface area contributed by atoms with Crippen molar-refractivity contribution in [2.75, 3.05) is 19.6 Å². The molecule has 0 aromatic heterocycles. The van der Waals surface area contributed by atoms with Gasteiger partial charge in [-0.15, -0.1) is 0 Å². The molecule has 1 heterocycles. The van der Waals surface area contributed by atoms with Crippen molar-refractivity contribution in [1.29, 1.82) is 0 Å². The molecular weight excluding hydrogens is 332 g/mol. The van der Waals surface area contributed by atoms with E-state index >= 15 is 0 Å². The number of primary amides is 1. The van der Waals surface area contributed by atoms with Crippen LogP contribution in [0, 0.1) is 0 Å². The third-order valence-corrected chi connectivity index (χ3v) is 3.85. The lowest BCUT2D eigenvalue weighted by atomic mass is 10.0. The van der Waals surface area contributed by atoms with Crippen LogP contribution in [-0.4, -0.2) is 49.0 Å². The number of nitrogens with two attached hydrogens (primary N) is 1. The first-order valence-electron chi connectivity index (χ1n) is 7.96. The minimum atomic E-state index is -2.86. The minimum Gasteiger partial charge on any atom is -0.435 e. The van der Waals surface area contributed by atoms with Gasteiger partial charge in [-0.2, -0.15) is 8.78 Å². The van der Waals surface area contributed by atoms with Crippen LogP contribution in [0.2, 0.25) is 0 Å². The summed E-state index contributed by atoms with van der Waals surface area (Å²) in [6.45, 7) is -1.19. The maximum absolute atomic E-state index is 12.1. The number of nitrogens with zero attached hydrogens (tertiary/aromatic N) is 1. The van der Waals surface area contributed by atoms with Crippen LogP contribution in [-0.2, 0) is 9.59 Å². The molecule has 0 spiro atoms. The number of halogens is 2. The average Bonchev–Trinajstić information content (AvgIpc) is 2.55. The smallest absolute Gasteiger partial charge is 0.387 e. The van der Waals surface area contributed by atoms with E-state index in [2.05, 4.69) is 10.1 Å². The fourth-order valence-corrected chi connectivity index (χ4v) is 2.64. The molecule has 0 aliphatic carbocycles. The molecule has 1 fully saturated rings. The molecule has 2 rings (SSSR count). The summed E-state index contributed by atoms with van der Waals surface area (Å²) in [5.74, 6) is -0.504. The first-order chi connectivity index (χ1) is 11.9. The van der Waals surface area contributed by atoms with Crippen molar-refractivity contribution in [3.8, 4) is 5.75 Å². The zero-order valence-corrected chi connectivity index (χ0v) is 13.7. The Labute approximate surface area is 144 Å². The van der Waals surface area contributed by atoms with E-state index in [4.69, 9.17) is 5.73 Å². The van der Waals surface area contributed by atoms with Crippen LogP contribution in [0.5, 0.6) is 5.75 Å². The standard InChI is InChI=1S/C17H21F2N3O3/c18-17(19)25-14-4-1-12(2-5-14)3-6-16(24)21-13-7-9-22(10-8-13)11-15(20)23/h1-6,13,17H,7-11H2,(H2,20,23)(H,21,24)/b6-3+. The molecule has 0 radical (unpaired) electrons. The molecule has 8 heteroatoms. The van der Waals surface area contributed by atoms with Crippen LogP contribution < -0.4 is 15.8 Å². The lowest BCUT2D eigenvalue weighted by molar-refractivity contribution is -0.120. The Morgan fingerprint density at radius 3 is 2.48 bits per heavy atom. The Hall–Kier alpha value is -2.48. The molecule has 0 unspecified atom stereocenters. The predicted octanol–water partition coefficient (Wildman–Crippen LogP) is 1.37. The van der Waals surface area contributed by atoms with Gasteiger partial charge in [-0.1, -0.05) is 12.1 Å². The van der Waals surface area contributed by atoms with Crippen LogP contribution in [0.25, 0.3) is 6.08 Å². The molecule has 1 aliphatic rings. The Kier molecular flexibility index (Phi) is 6.88. The Morgan fingerprint density at radius 1 is 1.28 bits per heavy atom. The van der Waals surface area contributed by atoms with Crippen LogP contribution in [0.3, 0.4) is 0 Å². The highest BCUT2D eigenvalue weighted by molar-refractivity contribution is 5.91. The van der Waals surface area contributed by atoms with Gasteiger partial charge in [-0.05, 0) is 36.6 Å². The van der Waals surface area contributed by atoms with E-state index in [9.17, 15) is 18.4 Å². The van der Waals surface area contributed by atoms with Gasteiger partial charge in [-0.25, -0.2) is 0 Å². The lowest BCUT2D eigenvalue weighted by Crippen LogP contribution is -2.46. The summed E-state index contributed by atoms with van der Waals surface area (Å²) in [6.07, 6.45) is 4.52. The molecule has 25 heavy (non-hydrogen) atoms. The number of carbonyl (C=O) groups is 2. The van der Waals surface area contributed by atoms with Crippen molar-refractivity contribution in [3.05, 3.63) is 35.9 Å². The molecular formula is C17H21F2N3O3. The van der Waals surface area contributed by atoms with E-state index < -0.39 is 6.61 Å². The topological polar surface area (TPSA) is 84.7 Å². The third kappa shape index (κ3) is 6.88. The summed E-state index contributed by atoms with van der Waals surface area (Å²) in [5.41, 5.74) is 5.86. The maximum Gasteiger partial charge on any atom is 0.387 e. The summed E-state index contributed by atoms with van der Waals surface area (Å²) < 4.78 is 28.4. The largest absolute Gasteiger partial charge is 0.435 e. The van der Waals surface area contributed by atoms with E-state index in [1.54, 1.807) is 18.2 Å². The lowest BCUT2D eigenvalue weighted by Gasteiger charge is -2.31. The second-order valence-corrected chi connectivity index (χ2v) is 5.81. The monoisotopic (exact) mass is 353 g/mol. The van der Waals surface area contributed by atoms with Gasteiger partial charge < -0.3 is 15.8 Å². The molecule has 0 bridgehead atoms. The van der Waals surface area contributed by atoms with Crippen molar-refractivity contribution in [1.82, 2.24) is 10.2 Å². The van der Waals surface area contributed by atoms with Gasteiger partial charge in [0.1, 0.15) is 5.75 Å². The molecule has 6 nitrogen and oxygen atoms in total. The van der Waals surface area contributed by atoms with E-state index in [0.717, 1.165) is 12.8 Å². The molecule has 1 aliphatic heterocycles. The Bertz CT molecular complexity index is 612. The Morgan fingerprint density at radius 2 is 1.92 bits per heavy atom. The molecule has 0 saturated carbocycles. The second-order valence-electron chi connectivity index (χ2n) is 5.81. The number of carbonyl (C=O) groups excluding carboxylic acids is 2. The number of piperidine rings is 1. The minimum absolute atomic E-state index is 0.0584. The summed E-state index contributed by atoms with van der Waals surface area (Å²) >= 11 is 0. The molecule has 1 aromatic carbocycles. The molecule has 136 valence electrons. The molecule has 3 N–H and O–H groups in total. The number of ether oxygens (including phenoxy) is 1. The quantitative estimate of drug-likeness (QED) is 0.725. The zero-order valence-electron chi connectivity index (χ0n) is 13.7.